The number of nitrogens with one attached hydrogen (secondary N) is 5. The first-order chi connectivity index (χ1) is 17.0. The summed E-state index contributed by atoms with van der Waals surface area (Å²) < 4.78 is 10.4. The van der Waals surface area contributed by atoms with E-state index in [1.54, 1.807) is 0 Å². The normalized spacial score (nSPS) is 25.3. The lowest BCUT2D eigenvalue weighted by molar-refractivity contribution is -0.144. The van der Waals surface area contributed by atoms with E-state index in [4.69, 9.17) is 15.2 Å². The maximum Gasteiger partial charge on any atom is 0.316 e. The Hall–Kier alpha value is -3.54. The molecule has 0 aromatic heterocycles. The molecule has 0 radical (unpaired) electrons. The van der Waals surface area contributed by atoms with Crippen molar-refractivity contribution in [3.05, 3.63) is 0 Å². The van der Waals surface area contributed by atoms with Crippen molar-refractivity contribution < 1.29 is 48.5 Å². The SMILES string of the molecule is C[C@H](O)C1NC(=O)COCCOCCNC(=O)[C@@H](CO)NC(=O)N[C@H](CC(N)=O)C(=O)N(C)NC1=O. The number of rotatable bonds is 4. The summed E-state index contributed by atoms with van der Waals surface area (Å²) in [6.07, 6.45) is -2.04. The zero-order valence-electron chi connectivity index (χ0n) is 19.9. The number of ether oxygens (including phenoxy) is 2. The smallest absolute Gasteiger partial charge is 0.316 e. The summed E-state index contributed by atoms with van der Waals surface area (Å²) in [5, 5.41) is 29.0. The van der Waals surface area contributed by atoms with Gasteiger partial charge >= 0.3 is 6.03 Å². The molecule has 0 aromatic rings. The zero-order chi connectivity index (χ0) is 27.3. The first-order valence-electron chi connectivity index (χ1n) is 10.9. The van der Waals surface area contributed by atoms with Gasteiger partial charge in [0.25, 0.3) is 11.8 Å². The first-order valence-corrected chi connectivity index (χ1v) is 10.9. The van der Waals surface area contributed by atoms with Gasteiger partial charge in [0.05, 0.1) is 39.0 Å². The maximum absolute atomic E-state index is 12.8. The van der Waals surface area contributed by atoms with Crippen molar-refractivity contribution in [3.8, 4) is 0 Å². The molecule has 9 N–H and O–H groups in total. The number of aliphatic hydroxyl groups excluding tert-OH is 2. The average Bonchev–Trinajstić information content (AvgIpc) is 2.80. The molecule has 1 heterocycles. The van der Waals surface area contributed by atoms with Crippen LogP contribution in [0.25, 0.3) is 0 Å². The number of urea groups is 1. The van der Waals surface area contributed by atoms with Gasteiger partial charge in [0.1, 0.15) is 24.7 Å². The molecule has 1 aliphatic heterocycles. The van der Waals surface area contributed by atoms with Crippen LogP contribution >= 0.6 is 0 Å². The molecule has 36 heavy (non-hydrogen) atoms. The van der Waals surface area contributed by atoms with Gasteiger partial charge in [0, 0.05) is 13.6 Å². The second-order valence-electron chi connectivity index (χ2n) is 7.69. The van der Waals surface area contributed by atoms with Gasteiger partial charge in [-0.05, 0) is 6.92 Å². The Kier molecular flexibility index (Phi) is 13.1. The number of nitrogens with two attached hydrogens (primary N) is 1. The molecule has 17 heteroatoms. The van der Waals surface area contributed by atoms with Gasteiger partial charge < -0.3 is 46.7 Å². The third-order valence-electron chi connectivity index (χ3n) is 4.65. The highest BCUT2D eigenvalue weighted by molar-refractivity contribution is 5.94. The van der Waals surface area contributed by atoms with E-state index in [1.807, 2.05) is 0 Å². The number of hydrogen-bond donors (Lipinski definition) is 8. The lowest BCUT2D eigenvalue weighted by atomic mass is 10.1. The molecule has 17 nitrogen and oxygen atoms in total. The Morgan fingerprint density at radius 2 is 1.69 bits per heavy atom. The summed E-state index contributed by atoms with van der Waals surface area (Å²) in [7, 11) is 1.09. The van der Waals surface area contributed by atoms with Crippen LogP contribution in [0.1, 0.15) is 13.3 Å². The van der Waals surface area contributed by atoms with Gasteiger partial charge in [-0.3, -0.25) is 34.4 Å². The number of amides is 7. The fourth-order valence-corrected chi connectivity index (χ4v) is 2.85. The summed E-state index contributed by atoms with van der Waals surface area (Å²) in [6, 6.07) is -5.54. The van der Waals surface area contributed by atoms with E-state index in [9.17, 15) is 39.0 Å². The lowest BCUT2D eigenvalue weighted by Gasteiger charge is -2.28. The molecule has 0 bridgehead atoms. The van der Waals surface area contributed by atoms with Gasteiger partial charge in [-0.2, -0.15) is 0 Å². The fourth-order valence-electron chi connectivity index (χ4n) is 2.85. The standard InChI is InChI=1S/C19H33N7O10/c1-10(28)15-17(32)25-26(2)18(33)11(7-13(20)29)22-19(34)23-12(8-27)16(31)21-3-4-35-5-6-36-9-14(30)24-15/h10-12,15,27-28H,3-9H2,1-2H3,(H2,20,29)(H,21,31)(H,24,30)(H,25,32)(H2,22,23,34)/t10-,11+,12+,15?/m0/s1. The van der Waals surface area contributed by atoms with Crippen molar-refractivity contribution in [2.75, 3.05) is 46.6 Å². The molecule has 0 saturated carbocycles. The quantitative estimate of drug-likeness (QED) is 0.175. The van der Waals surface area contributed by atoms with Crippen LogP contribution in [0.15, 0.2) is 0 Å². The van der Waals surface area contributed by atoms with Crippen LogP contribution in [0.3, 0.4) is 0 Å². The Labute approximate surface area is 206 Å². The van der Waals surface area contributed by atoms with Crippen molar-refractivity contribution in [3.63, 3.8) is 0 Å². The molecule has 0 spiro atoms. The second-order valence-corrected chi connectivity index (χ2v) is 7.69. The minimum absolute atomic E-state index is 0.00634. The van der Waals surface area contributed by atoms with E-state index in [0.717, 1.165) is 7.05 Å². The summed E-state index contributed by atoms with van der Waals surface area (Å²) in [5.41, 5.74) is 7.29. The molecular weight excluding hydrogens is 486 g/mol. The number of hydrogen-bond acceptors (Lipinski definition) is 10. The Morgan fingerprint density at radius 1 is 1.06 bits per heavy atom. The van der Waals surface area contributed by atoms with Crippen molar-refractivity contribution in [1.82, 2.24) is 31.7 Å². The first kappa shape index (κ1) is 30.5. The van der Waals surface area contributed by atoms with E-state index >= 15 is 0 Å². The second kappa shape index (κ2) is 15.5. The lowest BCUT2D eigenvalue weighted by Crippen LogP contribution is -2.61. The number of likely N-dealkylation sites (N-methyl/N-ethyl adjacent to an activating group) is 1. The third kappa shape index (κ3) is 10.8. The molecule has 1 unspecified atom stereocenters. The summed E-state index contributed by atoms with van der Waals surface area (Å²) in [5.74, 6) is -4.43. The minimum Gasteiger partial charge on any atom is -0.394 e. The van der Waals surface area contributed by atoms with Crippen molar-refractivity contribution in [2.45, 2.75) is 37.6 Å². The van der Waals surface area contributed by atoms with E-state index < -0.39 is 79.4 Å². The minimum atomic E-state index is -1.58. The van der Waals surface area contributed by atoms with E-state index in [0.29, 0.717) is 5.01 Å². The monoisotopic (exact) mass is 519 g/mol. The van der Waals surface area contributed by atoms with Crippen LogP contribution in [0.2, 0.25) is 0 Å². The highest BCUT2D eigenvalue weighted by Crippen LogP contribution is 2.00. The highest BCUT2D eigenvalue weighted by Gasteiger charge is 2.31. The Bertz CT molecular complexity index is 809. The van der Waals surface area contributed by atoms with Crippen LogP contribution in [0.5, 0.6) is 0 Å². The maximum atomic E-state index is 12.8. The number of carbonyl (C=O) groups is 6. The zero-order valence-corrected chi connectivity index (χ0v) is 19.9. The van der Waals surface area contributed by atoms with Gasteiger partial charge in [0.2, 0.25) is 17.7 Å². The molecule has 1 saturated heterocycles. The molecular formula is C19H33N7O10. The van der Waals surface area contributed by atoms with Gasteiger partial charge in [0.15, 0.2) is 0 Å². The van der Waals surface area contributed by atoms with Crippen molar-refractivity contribution in [1.29, 1.82) is 0 Å². The Balaban J connectivity index is 3.08. The highest BCUT2D eigenvalue weighted by atomic mass is 16.5. The van der Waals surface area contributed by atoms with E-state index in [-0.39, 0.29) is 26.4 Å². The van der Waals surface area contributed by atoms with Crippen LogP contribution in [0.4, 0.5) is 4.79 Å². The number of nitrogens with zero attached hydrogens (tertiary/aromatic N) is 1. The number of primary amides is 1. The van der Waals surface area contributed by atoms with Crippen LogP contribution in [-0.2, 0) is 33.4 Å². The Morgan fingerprint density at radius 3 is 2.31 bits per heavy atom. The molecule has 0 aliphatic carbocycles. The summed E-state index contributed by atoms with van der Waals surface area (Å²) in [6.45, 7) is 0.154. The van der Waals surface area contributed by atoms with Gasteiger partial charge in [-0.15, -0.1) is 0 Å². The molecule has 4 atom stereocenters. The van der Waals surface area contributed by atoms with Crippen molar-refractivity contribution in [2.24, 2.45) is 5.73 Å². The predicted octanol–water partition coefficient (Wildman–Crippen LogP) is -5.59. The van der Waals surface area contributed by atoms with Gasteiger partial charge in [-0.25, -0.2) is 4.79 Å². The van der Waals surface area contributed by atoms with Crippen LogP contribution in [-0.4, -0.2) is 122 Å². The average molecular weight is 520 g/mol. The number of carbonyl (C=O) groups excluding carboxylic acids is 6. The van der Waals surface area contributed by atoms with E-state index in [2.05, 4.69) is 26.7 Å². The molecule has 0 aromatic carbocycles. The van der Waals surface area contributed by atoms with Gasteiger partial charge in [-0.1, -0.05) is 0 Å². The largest absolute Gasteiger partial charge is 0.394 e. The van der Waals surface area contributed by atoms with E-state index in [1.165, 1.54) is 6.92 Å². The number of hydrazine groups is 1. The topological polar surface area (TPSA) is 251 Å². The third-order valence-corrected chi connectivity index (χ3v) is 4.65. The molecule has 204 valence electrons. The molecule has 1 rings (SSSR count). The number of aliphatic hydroxyl groups is 2. The fraction of sp³-hybridized carbons (Fsp3) is 0.684. The molecule has 1 fully saturated rings. The van der Waals surface area contributed by atoms with Crippen molar-refractivity contribution >= 4 is 35.6 Å². The molecule has 1 aliphatic rings. The van der Waals surface area contributed by atoms with Crippen LogP contribution in [0, 0.1) is 0 Å². The summed E-state index contributed by atoms with van der Waals surface area (Å²) >= 11 is 0. The summed E-state index contributed by atoms with van der Waals surface area (Å²) in [4.78, 5) is 73.4. The van der Waals surface area contributed by atoms with Crippen LogP contribution < -0.4 is 32.4 Å². The predicted molar refractivity (Wildman–Crippen MR) is 119 cm³/mol. The molecule has 7 amide bonds.